The van der Waals surface area contributed by atoms with E-state index in [4.69, 9.17) is 21.7 Å². The minimum absolute atomic E-state index is 0.251. The number of imidazole rings is 1. The maximum atomic E-state index is 12.7. The lowest BCUT2D eigenvalue weighted by Crippen LogP contribution is -2.26. The number of benzene rings is 2. The van der Waals surface area contributed by atoms with E-state index in [1.807, 2.05) is 73.9 Å². The summed E-state index contributed by atoms with van der Waals surface area (Å²) in [4.78, 5) is 12.7. The molecule has 0 saturated heterocycles. The fraction of sp³-hybridized carbons (Fsp3) is 0.200. The zero-order valence-corrected chi connectivity index (χ0v) is 19.7. The Hall–Kier alpha value is -3.91. The predicted octanol–water partition coefficient (Wildman–Crippen LogP) is 5.14. The standard InChI is InChI=1S/C25H23ClN6O2/c1-25(2,3)34-24(33)30-14-13-17-16(7-6-10-18(17)30)15-31-19-8-4-5-9-20(19)32(23(31)27)22-12-11-21(26)28-29-22/h4-14,27H,15H2,1-3H3. The summed E-state index contributed by atoms with van der Waals surface area (Å²) in [5.74, 6) is 0.513. The number of aromatic nitrogens is 5. The van der Waals surface area contributed by atoms with Gasteiger partial charge in [-0.3, -0.25) is 14.5 Å². The van der Waals surface area contributed by atoms with Gasteiger partial charge in [0.1, 0.15) is 5.60 Å². The first-order valence-corrected chi connectivity index (χ1v) is 11.2. The second-order valence-corrected chi connectivity index (χ2v) is 9.35. The lowest BCUT2D eigenvalue weighted by molar-refractivity contribution is 0.0544. The second-order valence-electron chi connectivity index (χ2n) is 8.96. The van der Waals surface area contributed by atoms with Crippen LogP contribution in [0.25, 0.3) is 27.8 Å². The highest BCUT2D eigenvalue weighted by Gasteiger charge is 2.20. The summed E-state index contributed by atoms with van der Waals surface area (Å²) < 4.78 is 10.7. The zero-order valence-electron chi connectivity index (χ0n) is 19.0. The van der Waals surface area contributed by atoms with E-state index >= 15 is 0 Å². The number of rotatable bonds is 3. The number of ether oxygens (including phenoxy) is 1. The van der Waals surface area contributed by atoms with E-state index in [-0.39, 0.29) is 5.62 Å². The van der Waals surface area contributed by atoms with Crippen molar-refractivity contribution < 1.29 is 9.53 Å². The quantitative estimate of drug-likeness (QED) is 0.392. The Bertz CT molecular complexity index is 1590. The van der Waals surface area contributed by atoms with Gasteiger partial charge >= 0.3 is 6.09 Å². The molecule has 0 radical (unpaired) electrons. The number of carbonyl (C=O) groups excluding carboxylic acids is 1. The Morgan fingerprint density at radius 2 is 1.71 bits per heavy atom. The number of nitrogens with zero attached hydrogens (tertiary/aromatic N) is 5. The zero-order chi connectivity index (χ0) is 24.0. The maximum absolute atomic E-state index is 12.7. The smallest absolute Gasteiger partial charge is 0.418 e. The Morgan fingerprint density at radius 3 is 2.41 bits per heavy atom. The minimum Gasteiger partial charge on any atom is -0.443 e. The second kappa shape index (κ2) is 8.14. The number of carbonyl (C=O) groups is 1. The molecule has 0 spiro atoms. The molecule has 1 N–H and O–H groups in total. The van der Waals surface area contributed by atoms with Crippen molar-refractivity contribution >= 4 is 39.6 Å². The van der Waals surface area contributed by atoms with Gasteiger partial charge in [-0.05, 0) is 62.7 Å². The molecule has 0 aliphatic heterocycles. The monoisotopic (exact) mass is 474 g/mol. The Labute approximate surface area is 200 Å². The SMILES string of the molecule is CC(C)(C)OC(=O)n1ccc2c(Cn3c(=N)n(-c4ccc(Cl)nn4)c4ccccc43)cccc21. The van der Waals surface area contributed by atoms with Crippen molar-refractivity contribution in [3.8, 4) is 5.82 Å². The molecule has 5 aromatic rings. The van der Waals surface area contributed by atoms with E-state index in [0.29, 0.717) is 17.5 Å². The molecule has 0 amide bonds. The molecule has 2 aromatic carbocycles. The lowest BCUT2D eigenvalue weighted by Gasteiger charge is -2.19. The topological polar surface area (TPSA) is 90.7 Å². The van der Waals surface area contributed by atoms with Crippen LogP contribution in [0.2, 0.25) is 5.15 Å². The van der Waals surface area contributed by atoms with E-state index < -0.39 is 11.7 Å². The average molecular weight is 475 g/mol. The fourth-order valence-electron chi connectivity index (χ4n) is 4.06. The number of halogens is 1. The average Bonchev–Trinajstić information content (AvgIpc) is 3.34. The first-order chi connectivity index (χ1) is 16.2. The minimum atomic E-state index is -0.590. The first kappa shape index (κ1) is 21.9. The van der Waals surface area contributed by atoms with Crippen LogP contribution in [0, 0.1) is 5.41 Å². The van der Waals surface area contributed by atoms with Gasteiger partial charge in [0.25, 0.3) is 0 Å². The Morgan fingerprint density at radius 1 is 0.971 bits per heavy atom. The number of hydrogen-bond donors (Lipinski definition) is 1. The van der Waals surface area contributed by atoms with E-state index in [9.17, 15) is 4.79 Å². The molecule has 3 heterocycles. The largest absolute Gasteiger partial charge is 0.443 e. The van der Waals surface area contributed by atoms with Crippen LogP contribution < -0.4 is 5.62 Å². The van der Waals surface area contributed by atoms with Crippen molar-refractivity contribution in [2.24, 2.45) is 0 Å². The summed E-state index contributed by atoms with van der Waals surface area (Å²) in [6.45, 7) is 5.96. The van der Waals surface area contributed by atoms with E-state index in [0.717, 1.165) is 27.5 Å². The van der Waals surface area contributed by atoms with Crippen molar-refractivity contribution in [2.75, 3.05) is 0 Å². The number of hydrogen-bond acceptors (Lipinski definition) is 5. The molecule has 8 nitrogen and oxygen atoms in total. The van der Waals surface area contributed by atoms with Gasteiger partial charge in [0.15, 0.2) is 11.0 Å². The van der Waals surface area contributed by atoms with Crippen LogP contribution in [0.1, 0.15) is 26.3 Å². The van der Waals surface area contributed by atoms with Crippen molar-refractivity contribution in [2.45, 2.75) is 32.9 Å². The summed E-state index contributed by atoms with van der Waals surface area (Å²) in [6.07, 6.45) is 1.30. The number of nitrogens with one attached hydrogen (secondary N) is 1. The van der Waals surface area contributed by atoms with E-state index in [1.54, 1.807) is 22.9 Å². The summed E-state index contributed by atoms with van der Waals surface area (Å²) in [5, 5.41) is 18.3. The summed E-state index contributed by atoms with van der Waals surface area (Å²) >= 11 is 5.91. The Kier molecular flexibility index (Phi) is 5.25. The van der Waals surface area contributed by atoms with Gasteiger partial charge < -0.3 is 9.30 Å². The maximum Gasteiger partial charge on any atom is 0.418 e. The van der Waals surface area contributed by atoms with Crippen LogP contribution in [0.4, 0.5) is 4.79 Å². The normalized spacial score (nSPS) is 11.9. The van der Waals surface area contributed by atoms with Gasteiger partial charge in [-0.25, -0.2) is 4.79 Å². The number of para-hydroxylation sites is 2. The molecular weight excluding hydrogens is 452 g/mol. The lowest BCUT2D eigenvalue weighted by atomic mass is 10.1. The molecule has 0 saturated carbocycles. The van der Waals surface area contributed by atoms with Gasteiger partial charge in [-0.2, -0.15) is 0 Å². The van der Waals surface area contributed by atoms with Gasteiger partial charge in [0.2, 0.25) is 5.62 Å². The molecule has 0 bridgehead atoms. The summed E-state index contributed by atoms with van der Waals surface area (Å²) in [5.41, 5.74) is 3.11. The van der Waals surface area contributed by atoms with Crippen LogP contribution in [0.3, 0.4) is 0 Å². The highest BCUT2D eigenvalue weighted by molar-refractivity contribution is 6.29. The molecule has 0 aliphatic carbocycles. The van der Waals surface area contributed by atoms with Crippen molar-refractivity contribution in [1.29, 1.82) is 5.41 Å². The van der Waals surface area contributed by atoms with Gasteiger partial charge in [0, 0.05) is 11.6 Å². The van der Waals surface area contributed by atoms with Crippen LogP contribution in [-0.4, -0.2) is 35.6 Å². The van der Waals surface area contributed by atoms with Crippen molar-refractivity contribution in [1.82, 2.24) is 23.9 Å². The fourth-order valence-corrected chi connectivity index (χ4v) is 4.16. The number of fused-ring (bicyclic) bond motifs is 2. The molecule has 0 atom stereocenters. The van der Waals surface area contributed by atoms with Gasteiger partial charge in [0.05, 0.1) is 23.1 Å². The molecule has 9 heteroatoms. The molecule has 3 aromatic heterocycles. The molecule has 34 heavy (non-hydrogen) atoms. The molecule has 0 unspecified atom stereocenters. The highest BCUT2D eigenvalue weighted by Crippen LogP contribution is 2.24. The van der Waals surface area contributed by atoms with Crippen LogP contribution in [0.15, 0.2) is 66.9 Å². The van der Waals surface area contributed by atoms with Crippen molar-refractivity contribution in [3.05, 3.63) is 83.2 Å². The van der Waals surface area contributed by atoms with Crippen LogP contribution in [0.5, 0.6) is 0 Å². The third kappa shape index (κ3) is 3.86. The first-order valence-electron chi connectivity index (χ1n) is 10.8. The summed E-state index contributed by atoms with van der Waals surface area (Å²) in [6, 6.07) is 18.9. The molecule has 0 aliphatic rings. The summed E-state index contributed by atoms with van der Waals surface area (Å²) in [7, 11) is 0. The van der Waals surface area contributed by atoms with Crippen LogP contribution in [-0.2, 0) is 11.3 Å². The molecule has 0 fully saturated rings. The van der Waals surface area contributed by atoms with E-state index in [1.165, 1.54) is 4.57 Å². The molecule has 5 rings (SSSR count). The molecular formula is C25H23ClN6O2. The predicted molar refractivity (Wildman–Crippen MR) is 130 cm³/mol. The third-order valence-electron chi connectivity index (χ3n) is 5.47. The Balaban J connectivity index is 1.61. The third-order valence-corrected chi connectivity index (χ3v) is 5.67. The molecule has 172 valence electrons. The van der Waals surface area contributed by atoms with Crippen molar-refractivity contribution in [3.63, 3.8) is 0 Å². The van der Waals surface area contributed by atoms with Crippen LogP contribution >= 0.6 is 11.6 Å². The van der Waals surface area contributed by atoms with E-state index in [2.05, 4.69) is 10.2 Å². The van der Waals surface area contributed by atoms with Gasteiger partial charge in [-0.1, -0.05) is 35.9 Å². The van der Waals surface area contributed by atoms with Gasteiger partial charge in [-0.15, -0.1) is 10.2 Å². The highest BCUT2D eigenvalue weighted by atomic mass is 35.5.